The molecule has 0 bridgehead atoms. The highest BCUT2D eigenvalue weighted by atomic mass is 19.3. The van der Waals surface area contributed by atoms with Crippen LogP contribution in [0.3, 0.4) is 0 Å². The van der Waals surface area contributed by atoms with Gasteiger partial charge in [-0.2, -0.15) is 0 Å². The Morgan fingerprint density at radius 1 is 1.18 bits per heavy atom. The van der Waals surface area contributed by atoms with Crippen LogP contribution in [0.2, 0.25) is 0 Å². The highest BCUT2D eigenvalue weighted by Crippen LogP contribution is 2.43. The molecule has 0 aliphatic heterocycles. The van der Waals surface area contributed by atoms with Gasteiger partial charge in [0.25, 0.3) is 0 Å². The van der Waals surface area contributed by atoms with Gasteiger partial charge in [-0.05, 0) is 18.3 Å². The monoisotopic (exact) mass is 160 g/mol. The Balaban J connectivity index is 2.54. The van der Waals surface area contributed by atoms with Gasteiger partial charge in [-0.25, -0.2) is 8.78 Å². The number of hydrogen-bond donors (Lipinski definition) is 0. The first-order valence-corrected chi connectivity index (χ1v) is 3.99. The summed E-state index contributed by atoms with van der Waals surface area (Å²) in [5.41, 5.74) is -0.0400. The molecule has 0 aromatic rings. The predicted octanol–water partition coefficient (Wildman–Crippen LogP) is 3.39. The first-order valence-electron chi connectivity index (χ1n) is 3.99. The molecule has 0 aromatic heterocycles. The summed E-state index contributed by atoms with van der Waals surface area (Å²) in [6.45, 7) is 5.65. The second-order valence-corrected chi connectivity index (χ2v) is 3.71. The summed E-state index contributed by atoms with van der Waals surface area (Å²) >= 11 is 0. The number of allylic oxidation sites excluding steroid dienone is 1. The van der Waals surface area contributed by atoms with Crippen molar-refractivity contribution in [3.8, 4) is 0 Å². The van der Waals surface area contributed by atoms with Crippen molar-refractivity contribution in [3.63, 3.8) is 0 Å². The minimum absolute atomic E-state index is 0.0233. The lowest BCUT2D eigenvalue weighted by molar-refractivity contribution is -0.0547. The number of halogens is 2. The van der Waals surface area contributed by atoms with Crippen LogP contribution in [-0.4, -0.2) is 5.92 Å². The van der Waals surface area contributed by atoms with Crippen LogP contribution < -0.4 is 0 Å². The van der Waals surface area contributed by atoms with Crippen LogP contribution in [0.4, 0.5) is 8.78 Å². The second kappa shape index (κ2) is 2.58. The second-order valence-electron chi connectivity index (χ2n) is 3.71. The molecule has 0 spiro atoms. The van der Waals surface area contributed by atoms with Crippen LogP contribution in [0.25, 0.3) is 0 Å². The van der Waals surface area contributed by atoms with Gasteiger partial charge in [0.2, 0.25) is 5.92 Å². The molecule has 0 unspecified atom stereocenters. The molecule has 0 N–H and O–H groups in total. The molecule has 0 atom stereocenters. The Kier molecular flexibility index (Phi) is 2.04. The van der Waals surface area contributed by atoms with E-state index in [0.717, 1.165) is 0 Å². The van der Waals surface area contributed by atoms with Crippen molar-refractivity contribution in [2.45, 2.75) is 38.5 Å². The molecule has 1 aliphatic rings. The molecule has 1 rings (SSSR count). The van der Waals surface area contributed by atoms with Gasteiger partial charge < -0.3 is 0 Å². The third-order valence-corrected chi connectivity index (χ3v) is 2.62. The molecule has 2 heteroatoms. The SMILES string of the molecule is C=CC1(C)CCC(F)(F)CC1. The quantitative estimate of drug-likeness (QED) is 0.516. The largest absolute Gasteiger partial charge is 0.248 e. The molecule has 11 heavy (non-hydrogen) atoms. The third kappa shape index (κ3) is 2.01. The molecular weight excluding hydrogens is 146 g/mol. The van der Waals surface area contributed by atoms with E-state index in [1.807, 2.05) is 13.0 Å². The summed E-state index contributed by atoms with van der Waals surface area (Å²) in [5, 5.41) is 0. The van der Waals surface area contributed by atoms with E-state index in [1.165, 1.54) is 0 Å². The number of hydrogen-bond acceptors (Lipinski definition) is 0. The molecule has 64 valence electrons. The molecule has 1 fully saturated rings. The normalized spacial score (nSPS) is 27.9. The summed E-state index contributed by atoms with van der Waals surface area (Å²) in [5.74, 6) is -2.41. The lowest BCUT2D eigenvalue weighted by atomic mass is 9.74. The average Bonchev–Trinajstić information content (AvgIpc) is 1.97. The van der Waals surface area contributed by atoms with Crippen LogP contribution in [0, 0.1) is 5.41 Å². The summed E-state index contributed by atoms with van der Waals surface area (Å²) in [4.78, 5) is 0. The van der Waals surface area contributed by atoms with Gasteiger partial charge >= 0.3 is 0 Å². The van der Waals surface area contributed by atoms with Gasteiger partial charge in [0.15, 0.2) is 0 Å². The maximum Gasteiger partial charge on any atom is 0.248 e. The van der Waals surface area contributed by atoms with Gasteiger partial charge in [0.1, 0.15) is 0 Å². The van der Waals surface area contributed by atoms with Crippen molar-refractivity contribution in [1.29, 1.82) is 0 Å². The summed E-state index contributed by atoms with van der Waals surface area (Å²) < 4.78 is 25.3. The van der Waals surface area contributed by atoms with Crippen molar-refractivity contribution in [3.05, 3.63) is 12.7 Å². The van der Waals surface area contributed by atoms with Gasteiger partial charge in [0.05, 0.1) is 0 Å². The predicted molar refractivity (Wildman–Crippen MR) is 41.7 cm³/mol. The average molecular weight is 160 g/mol. The molecule has 1 aliphatic carbocycles. The Hall–Kier alpha value is -0.400. The van der Waals surface area contributed by atoms with Gasteiger partial charge in [-0.15, -0.1) is 6.58 Å². The van der Waals surface area contributed by atoms with E-state index in [4.69, 9.17) is 0 Å². The molecule has 0 nitrogen and oxygen atoms in total. The fraction of sp³-hybridized carbons (Fsp3) is 0.778. The van der Waals surface area contributed by atoms with E-state index >= 15 is 0 Å². The summed E-state index contributed by atoms with van der Waals surface area (Å²) in [7, 11) is 0. The van der Waals surface area contributed by atoms with Crippen LogP contribution in [0.1, 0.15) is 32.6 Å². The van der Waals surface area contributed by atoms with Crippen LogP contribution in [-0.2, 0) is 0 Å². The Morgan fingerprint density at radius 3 is 2.00 bits per heavy atom. The number of rotatable bonds is 1. The van der Waals surface area contributed by atoms with E-state index in [2.05, 4.69) is 6.58 Å². The first-order chi connectivity index (χ1) is 4.97. The van der Waals surface area contributed by atoms with Crippen molar-refractivity contribution in [1.82, 2.24) is 0 Å². The van der Waals surface area contributed by atoms with E-state index < -0.39 is 5.92 Å². The lowest BCUT2D eigenvalue weighted by Crippen LogP contribution is -2.29. The number of alkyl halides is 2. The van der Waals surface area contributed by atoms with Crippen LogP contribution >= 0.6 is 0 Å². The molecule has 0 heterocycles. The smallest absolute Gasteiger partial charge is 0.207 e. The van der Waals surface area contributed by atoms with Gasteiger partial charge in [-0.1, -0.05) is 13.0 Å². The molecule has 0 saturated heterocycles. The van der Waals surface area contributed by atoms with Crippen molar-refractivity contribution < 1.29 is 8.78 Å². The fourth-order valence-corrected chi connectivity index (χ4v) is 1.39. The lowest BCUT2D eigenvalue weighted by Gasteiger charge is -2.34. The topological polar surface area (TPSA) is 0 Å². The molecule has 0 aromatic carbocycles. The molecule has 0 amide bonds. The Bertz CT molecular complexity index is 151. The standard InChI is InChI=1S/C9H14F2/c1-3-8(2)4-6-9(10,11)7-5-8/h3H,1,4-7H2,2H3. The van der Waals surface area contributed by atoms with Crippen LogP contribution in [0.5, 0.6) is 0 Å². The van der Waals surface area contributed by atoms with Crippen LogP contribution in [0.15, 0.2) is 12.7 Å². The van der Waals surface area contributed by atoms with E-state index in [9.17, 15) is 8.78 Å². The van der Waals surface area contributed by atoms with E-state index in [0.29, 0.717) is 12.8 Å². The minimum Gasteiger partial charge on any atom is -0.207 e. The van der Waals surface area contributed by atoms with Crippen molar-refractivity contribution >= 4 is 0 Å². The molecular formula is C9H14F2. The summed E-state index contributed by atoms with van der Waals surface area (Å²) in [6, 6.07) is 0. The van der Waals surface area contributed by atoms with E-state index in [1.54, 1.807) is 0 Å². The first kappa shape index (κ1) is 8.69. The third-order valence-electron chi connectivity index (χ3n) is 2.62. The van der Waals surface area contributed by atoms with Gasteiger partial charge in [-0.3, -0.25) is 0 Å². The highest BCUT2D eigenvalue weighted by molar-refractivity contribution is 4.96. The Morgan fingerprint density at radius 2 is 1.64 bits per heavy atom. The maximum absolute atomic E-state index is 12.6. The zero-order valence-electron chi connectivity index (χ0n) is 6.87. The highest BCUT2D eigenvalue weighted by Gasteiger charge is 2.38. The Labute approximate surface area is 66.3 Å². The molecule has 0 radical (unpaired) electrons. The summed E-state index contributed by atoms with van der Waals surface area (Å²) in [6.07, 6.45) is 3.00. The molecule has 1 saturated carbocycles. The van der Waals surface area contributed by atoms with Gasteiger partial charge in [0, 0.05) is 12.8 Å². The van der Waals surface area contributed by atoms with Crippen molar-refractivity contribution in [2.75, 3.05) is 0 Å². The van der Waals surface area contributed by atoms with E-state index in [-0.39, 0.29) is 18.3 Å². The maximum atomic E-state index is 12.6. The fourth-order valence-electron chi connectivity index (χ4n) is 1.39. The van der Waals surface area contributed by atoms with Crippen molar-refractivity contribution in [2.24, 2.45) is 5.41 Å². The zero-order valence-corrected chi connectivity index (χ0v) is 6.87. The minimum atomic E-state index is -2.41. The zero-order chi connectivity index (χ0) is 8.54.